The van der Waals surface area contributed by atoms with Gasteiger partial charge < -0.3 is 9.94 Å². The highest BCUT2D eigenvalue weighted by molar-refractivity contribution is 5.59. The smallest absolute Gasteiger partial charge is 0.142 e. The van der Waals surface area contributed by atoms with Crippen LogP contribution in [0.25, 0.3) is 11.3 Å². The second kappa shape index (κ2) is 5.48. The third kappa shape index (κ3) is 2.64. The second-order valence-corrected chi connectivity index (χ2v) is 4.40. The number of nitrogens with zero attached hydrogens (tertiary/aromatic N) is 2. The monoisotopic (exact) mass is 266 g/mol. The first-order valence-electron chi connectivity index (χ1n) is 6.33. The fourth-order valence-corrected chi connectivity index (χ4v) is 1.94. The van der Waals surface area contributed by atoms with E-state index in [0.29, 0.717) is 6.61 Å². The summed E-state index contributed by atoms with van der Waals surface area (Å²) in [5.41, 5.74) is 2.87. The van der Waals surface area contributed by atoms with E-state index >= 15 is 0 Å². The Labute approximate surface area is 116 Å². The van der Waals surface area contributed by atoms with E-state index in [1.54, 1.807) is 18.3 Å². The summed E-state index contributed by atoms with van der Waals surface area (Å²) in [7, 11) is 0. The third-order valence-corrected chi connectivity index (χ3v) is 2.97. The summed E-state index contributed by atoms with van der Waals surface area (Å²) in [4.78, 5) is 7.19. The number of benzene rings is 2. The Hall–Kier alpha value is -2.75. The van der Waals surface area contributed by atoms with Crippen molar-refractivity contribution in [3.05, 3.63) is 72.4 Å². The van der Waals surface area contributed by atoms with E-state index in [-0.39, 0.29) is 5.75 Å². The predicted octanol–water partition coefficient (Wildman–Crippen LogP) is 2.88. The van der Waals surface area contributed by atoms with Crippen LogP contribution >= 0.6 is 0 Å². The first-order chi connectivity index (χ1) is 9.83. The molecule has 0 radical (unpaired) electrons. The zero-order chi connectivity index (χ0) is 13.8. The van der Waals surface area contributed by atoms with Crippen LogP contribution in [0.5, 0.6) is 5.75 Å². The van der Waals surface area contributed by atoms with E-state index in [4.69, 9.17) is 4.84 Å². The van der Waals surface area contributed by atoms with Crippen LogP contribution in [0.3, 0.4) is 0 Å². The van der Waals surface area contributed by atoms with Gasteiger partial charge in [0.1, 0.15) is 18.1 Å². The van der Waals surface area contributed by atoms with Gasteiger partial charge in [-0.05, 0) is 35.9 Å². The Balaban J connectivity index is 1.78. The van der Waals surface area contributed by atoms with Crippen molar-refractivity contribution in [1.29, 1.82) is 0 Å². The van der Waals surface area contributed by atoms with Crippen molar-refractivity contribution in [2.45, 2.75) is 6.61 Å². The molecule has 0 atom stereocenters. The normalized spacial score (nSPS) is 10.4. The van der Waals surface area contributed by atoms with E-state index in [9.17, 15) is 5.11 Å². The lowest BCUT2D eigenvalue weighted by Gasteiger charge is -2.09. The van der Waals surface area contributed by atoms with E-state index in [1.807, 2.05) is 48.5 Å². The lowest BCUT2D eigenvalue weighted by atomic mass is 10.1. The molecule has 0 saturated carbocycles. The Morgan fingerprint density at radius 3 is 2.45 bits per heavy atom. The fourth-order valence-electron chi connectivity index (χ4n) is 1.94. The van der Waals surface area contributed by atoms with Gasteiger partial charge >= 0.3 is 0 Å². The quantitative estimate of drug-likeness (QED) is 0.790. The maximum Gasteiger partial charge on any atom is 0.142 e. The number of aromatic nitrogens is 2. The molecule has 4 heteroatoms. The minimum absolute atomic E-state index is 0.241. The van der Waals surface area contributed by atoms with Gasteiger partial charge in [-0.25, -0.2) is 0 Å². The van der Waals surface area contributed by atoms with E-state index in [1.165, 1.54) is 4.85 Å². The van der Waals surface area contributed by atoms with Crippen LogP contribution in [0.4, 0.5) is 0 Å². The van der Waals surface area contributed by atoms with Gasteiger partial charge in [-0.3, -0.25) is 0 Å². The largest absolute Gasteiger partial charge is 0.508 e. The molecule has 3 aromatic rings. The topological polar surface area (TPSA) is 47.3 Å². The molecule has 4 nitrogen and oxygen atoms in total. The Morgan fingerprint density at radius 1 is 0.950 bits per heavy atom. The second-order valence-electron chi connectivity index (χ2n) is 4.40. The van der Waals surface area contributed by atoms with Gasteiger partial charge in [0.15, 0.2) is 0 Å². The van der Waals surface area contributed by atoms with Crippen LogP contribution in [0.1, 0.15) is 5.56 Å². The van der Waals surface area contributed by atoms with Gasteiger partial charge in [0.25, 0.3) is 0 Å². The van der Waals surface area contributed by atoms with Crippen molar-refractivity contribution in [1.82, 2.24) is 9.94 Å². The zero-order valence-electron chi connectivity index (χ0n) is 10.8. The third-order valence-electron chi connectivity index (χ3n) is 2.97. The van der Waals surface area contributed by atoms with Crippen LogP contribution in [-0.2, 0) is 6.61 Å². The summed E-state index contributed by atoms with van der Waals surface area (Å²) in [6, 6.07) is 18.7. The molecule has 0 aliphatic rings. The number of rotatable bonds is 4. The van der Waals surface area contributed by atoms with Crippen molar-refractivity contribution in [3.8, 4) is 17.0 Å². The molecule has 100 valence electrons. The van der Waals surface area contributed by atoms with Crippen LogP contribution in [0, 0.1) is 0 Å². The van der Waals surface area contributed by atoms with Gasteiger partial charge in [0.2, 0.25) is 0 Å². The van der Waals surface area contributed by atoms with Crippen LogP contribution in [-0.4, -0.2) is 15.1 Å². The lowest BCUT2D eigenvalue weighted by Crippen LogP contribution is -2.13. The molecular weight excluding hydrogens is 252 g/mol. The maximum absolute atomic E-state index is 9.32. The first-order valence-corrected chi connectivity index (χ1v) is 6.33. The van der Waals surface area contributed by atoms with Gasteiger partial charge in [-0.1, -0.05) is 35.2 Å². The van der Waals surface area contributed by atoms with Gasteiger partial charge in [0, 0.05) is 5.56 Å². The van der Waals surface area contributed by atoms with Crippen LogP contribution < -0.4 is 4.84 Å². The first kappa shape index (κ1) is 12.3. The van der Waals surface area contributed by atoms with Crippen molar-refractivity contribution in [3.63, 3.8) is 0 Å². The molecule has 0 spiro atoms. The van der Waals surface area contributed by atoms with E-state index in [0.717, 1.165) is 16.8 Å². The summed E-state index contributed by atoms with van der Waals surface area (Å²) in [6.45, 7) is 0.452. The molecule has 0 unspecified atom stereocenters. The van der Waals surface area contributed by atoms with Crippen molar-refractivity contribution in [2.24, 2.45) is 0 Å². The van der Waals surface area contributed by atoms with Crippen LogP contribution in [0.2, 0.25) is 0 Å². The molecule has 1 N–H and O–H groups in total. The minimum Gasteiger partial charge on any atom is -0.508 e. The molecule has 0 amide bonds. The van der Waals surface area contributed by atoms with Crippen molar-refractivity contribution < 1.29 is 9.94 Å². The van der Waals surface area contributed by atoms with Crippen molar-refractivity contribution in [2.75, 3.05) is 0 Å². The Kier molecular flexibility index (Phi) is 3.37. The van der Waals surface area contributed by atoms with Gasteiger partial charge in [-0.15, -0.1) is 5.10 Å². The van der Waals surface area contributed by atoms with Gasteiger partial charge in [0.05, 0.1) is 6.20 Å². The molecule has 0 saturated heterocycles. The minimum atomic E-state index is 0.241. The number of hydrogen-bond acceptors (Lipinski definition) is 3. The SMILES string of the molecule is Oc1ccc(-c2ccnn2OCc2ccccc2)cc1. The Bertz CT molecular complexity index is 675. The standard InChI is InChI=1S/C16H14N2O2/c19-15-8-6-14(7-9-15)16-10-11-17-18(16)20-12-13-4-2-1-3-5-13/h1-11,19H,12H2. The Morgan fingerprint density at radius 2 is 1.70 bits per heavy atom. The molecule has 2 aromatic carbocycles. The highest BCUT2D eigenvalue weighted by Crippen LogP contribution is 2.21. The lowest BCUT2D eigenvalue weighted by molar-refractivity contribution is 0.0737. The molecule has 1 aromatic heterocycles. The van der Waals surface area contributed by atoms with E-state index < -0.39 is 0 Å². The molecule has 0 fully saturated rings. The molecular formula is C16H14N2O2. The average Bonchev–Trinajstić information content (AvgIpc) is 2.95. The van der Waals surface area contributed by atoms with Gasteiger partial charge in [-0.2, -0.15) is 0 Å². The summed E-state index contributed by atoms with van der Waals surface area (Å²) >= 11 is 0. The average molecular weight is 266 g/mol. The number of phenolic OH excluding ortho intramolecular Hbond substituents is 1. The highest BCUT2D eigenvalue weighted by Gasteiger charge is 2.06. The summed E-state index contributed by atoms with van der Waals surface area (Å²) in [5.74, 6) is 0.241. The summed E-state index contributed by atoms with van der Waals surface area (Å²) in [6.07, 6.45) is 1.69. The number of phenols is 1. The molecule has 1 heterocycles. The van der Waals surface area contributed by atoms with Crippen molar-refractivity contribution >= 4 is 0 Å². The summed E-state index contributed by atoms with van der Waals surface area (Å²) in [5, 5.41) is 13.5. The highest BCUT2D eigenvalue weighted by atomic mass is 16.7. The van der Waals surface area contributed by atoms with Crippen LogP contribution in [0.15, 0.2) is 66.9 Å². The number of aromatic hydroxyl groups is 1. The fraction of sp³-hybridized carbons (Fsp3) is 0.0625. The molecule has 0 bridgehead atoms. The molecule has 20 heavy (non-hydrogen) atoms. The summed E-state index contributed by atoms with van der Waals surface area (Å²) < 4.78 is 0. The zero-order valence-corrected chi connectivity index (χ0v) is 10.8. The molecule has 0 aliphatic heterocycles. The molecule has 0 aliphatic carbocycles. The molecule has 3 rings (SSSR count). The number of hydrogen-bond donors (Lipinski definition) is 1. The maximum atomic E-state index is 9.32. The van der Waals surface area contributed by atoms with E-state index in [2.05, 4.69) is 5.10 Å². The predicted molar refractivity (Wildman–Crippen MR) is 76.1 cm³/mol.